The highest BCUT2D eigenvalue weighted by Crippen LogP contribution is 2.38. The Bertz CT molecular complexity index is 743. The van der Waals surface area contributed by atoms with Crippen LogP contribution in [0.1, 0.15) is 52.0 Å². The van der Waals surface area contributed by atoms with Gasteiger partial charge in [0.05, 0.1) is 5.92 Å². The van der Waals surface area contributed by atoms with Gasteiger partial charge in [0.15, 0.2) is 0 Å². The molecule has 0 unspecified atom stereocenters. The molecule has 2 saturated heterocycles. The van der Waals surface area contributed by atoms with Crippen LogP contribution in [0.4, 0.5) is 0 Å². The van der Waals surface area contributed by atoms with Crippen molar-refractivity contribution >= 4 is 23.4 Å². The van der Waals surface area contributed by atoms with Crippen molar-refractivity contribution in [1.29, 1.82) is 0 Å². The van der Waals surface area contributed by atoms with Gasteiger partial charge in [-0.2, -0.15) is 0 Å². The van der Waals surface area contributed by atoms with Gasteiger partial charge in [-0.25, -0.2) is 0 Å². The second-order valence-electron chi connectivity index (χ2n) is 9.38. The lowest BCUT2D eigenvalue weighted by Crippen LogP contribution is -2.49. The van der Waals surface area contributed by atoms with Crippen molar-refractivity contribution in [2.24, 2.45) is 5.92 Å². The number of carbonyl (C=O) groups excluding carboxylic acids is 2. The highest BCUT2D eigenvalue weighted by atomic mass is 35.5. The maximum atomic E-state index is 13.7. The van der Waals surface area contributed by atoms with Gasteiger partial charge < -0.3 is 9.80 Å². The van der Waals surface area contributed by atoms with Gasteiger partial charge in [-0.3, -0.25) is 14.5 Å². The zero-order chi connectivity index (χ0) is 21.3. The van der Waals surface area contributed by atoms with E-state index in [4.69, 9.17) is 11.6 Å². The number of hydrogen-bond acceptors (Lipinski definition) is 3. The van der Waals surface area contributed by atoms with Crippen molar-refractivity contribution in [3.8, 4) is 0 Å². The van der Waals surface area contributed by atoms with Crippen molar-refractivity contribution in [2.75, 3.05) is 33.2 Å². The SMILES string of the molecule is CCN(C)C(=O)[C@@H]1CCCN1C(=O)[C@@H]1CN(C(C)(C)C)C[C@H]1c1ccc(Cl)cc1. The van der Waals surface area contributed by atoms with Gasteiger partial charge in [0, 0.05) is 49.7 Å². The normalized spacial score (nSPS) is 25.4. The molecule has 2 aliphatic heterocycles. The summed E-state index contributed by atoms with van der Waals surface area (Å²) < 4.78 is 0. The zero-order valence-electron chi connectivity index (χ0n) is 18.3. The average molecular weight is 420 g/mol. The molecular weight excluding hydrogens is 386 g/mol. The quantitative estimate of drug-likeness (QED) is 0.748. The Kier molecular flexibility index (Phi) is 6.59. The van der Waals surface area contributed by atoms with E-state index in [1.165, 1.54) is 0 Å². The minimum atomic E-state index is -0.318. The van der Waals surface area contributed by atoms with Gasteiger partial charge in [-0.15, -0.1) is 0 Å². The van der Waals surface area contributed by atoms with Gasteiger partial charge >= 0.3 is 0 Å². The first-order valence-electron chi connectivity index (χ1n) is 10.7. The maximum absolute atomic E-state index is 13.7. The standard InChI is InChI=1S/C23H34ClN3O2/c1-6-25(5)22(29)20-8-7-13-27(20)21(28)19-15-26(23(2,3)4)14-18(19)16-9-11-17(24)12-10-16/h9-12,18-20H,6-8,13-15H2,1-5H3/t18-,19+,20-/m0/s1. The van der Waals surface area contributed by atoms with E-state index in [-0.39, 0.29) is 35.2 Å². The van der Waals surface area contributed by atoms with Gasteiger partial charge in [0.2, 0.25) is 11.8 Å². The number of amides is 2. The van der Waals surface area contributed by atoms with Crippen LogP contribution in [0.25, 0.3) is 0 Å². The van der Waals surface area contributed by atoms with E-state index in [9.17, 15) is 9.59 Å². The zero-order valence-corrected chi connectivity index (χ0v) is 19.1. The van der Waals surface area contributed by atoms with Crippen LogP contribution in [0, 0.1) is 5.92 Å². The second kappa shape index (κ2) is 8.65. The van der Waals surface area contributed by atoms with Gasteiger partial charge in [0.1, 0.15) is 6.04 Å². The maximum Gasteiger partial charge on any atom is 0.245 e. The molecule has 5 nitrogen and oxygen atoms in total. The van der Waals surface area contributed by atoms with Crippen LogP contribution in [0.3, 0.4) is 0 Å². The first-order chi connectivity index (χ1) is 13.6. The molecule has 2 aliphatic rings. The third-order valence-corrected chi connectivity index (χ3v) is 6.81. The van der Waals surface area contributed by atoms with E-state index in [2.05, 4.69) is 25.7 Å². The lowest BCUT2D eigenvalue weighted by molar-refractivity contribution is -0.145. The summed E-state index contributed by atoms with van der Waals surface area (Å²) in [5.41, 5.74) is 1.13. The first kappa shape index (κ1) is 22.1. The number of likely N-dealkylation sites (tertiary alicyclic amines) is 2. The summed E-state index contributed by atoms with van der Waals surface area (Å²) in [6.45, 7) is 11.4. The molecule has 0 saturated carbocycles. The molecule has 2 heterocycles. The molecule has 0 bridgehead atoms. The van der Waals surface area contributed by atoms with E-state index in [0.29, 0.717) is 18.1 Å². The Morgan fingerprint density at radius 1 is 1.17 bits per heavy atom. The first-order valence-corrected chi connectivity index (χ1v) is 11.1. The fourth-order valence-corrected chi connectivity index (χ4v) is 4.69. The van der Waals surface area contributed by atoms with Crippen LogP contribution in [0.5, 0.6) is 0 Å². The number of nitrogens with zero attached hydrogens (tertiary/aromatic N) is 3. The second-order valence-corrected chi connectivity index (χ2v) is 9.82. The van der Waals surface area contributed by atoms with Crippen LogP contribution in [-0.2, 0) is 9.59 Å². The Hall–Kier alpha value is -1.59. The number of hydrogen-bond donors (Lipinski definition) is 0. The summed E-state index contributed by atoms with van der Waals surface area (Å²) in [5.74, 6) is 0.152. The molecule has 3 rings (SSSR count). The van der Waals surface area contributed by atoms with Crippen LogP contribution in [-0.4, -0.2) is 71.3 Å². The molecule has 29 heavy (non-hydrogen) atoms. The van der Waals surface area contributed by atoms with Gasteiger partial charge in [0.25, 0.3) is 0 Å². The molecule has 2 fully saturated rings. The van der Waals surface area contributed by atoms with E-state index in [1.54, 1.807) is 4.90 Å². The summed E-state index contributed by atoms with van der Waals surface area (Å²) >= 11 is 6.09. The van der Waals surface area contributed by atoms with E-state index in [0.717, 1.165) is 31.5 Å². The monoisotopic (exact) mass is 419 g/mol. The van der Waals surface area contributed by atoms with Crippen molar-refractivity contribution in [1.82, 2.24) is 14.7 Å². The topological polar surface area (TPSA) is 43.9 Å². The largest absolute Gasteiger partial charge is 0.344 e. The van der Waals surface area contributed by atoms with Crippen LogP contribution < -0.4 is 0 Å². The average Bonchev–Trinajstić information content (AvgIpc) is 3.34. The van der Waals surface area contributed by atoms with Crippen LogP contribution in [0.15, 0.2) is 24.3 Å². The van der Waals surface area contributed by atoms with Crippen molar-refractivity contribution in [2.45, 2.75) is 58.0 Å². The third kappa shape index (κ3) is 4.61. The molecule has 0 N–H and O–H groups in total. The minimum Gasteiger partial charge on any atom is -0.344 e. The molecule has 3 atom stereocenters. The lowest BCUT2D eigenvalue weighted by atomic mass is 9.88. The summed E-state index contributed by atoms with van der Waals surface area (Å²) in [5, 5.41) is 0.704. The third-order valence-electron chi connectivity index (χ3n) is 6.56. The van der Waals surface area contributed by atoms with E-state index in [1.807, 2.05) is 43.1 Å². The molecule has 6 heteroatoms. The Morgan fingerprint density at radius 2 is 1.83 bits per heavy atom. The molecule has 0 aliphatic carbocycles. The number of benzene rings is 1. The predicted molar refractivity (Wildman–Crippen MR) is 117 cm³/mol. The van der Waals surface area contributed by atoms with Crippen LogP contribution in [0.2, 0.25) is 5.02 Å². The van der Waals surface area contributed by atoms with Crippen LogP contribution >= 0.6 is 11.6 Å². The molecule has 1 aromatic rings. The molecular formula is C23H34ClN3O2. The smallest absolute Gasteiger partial charge is 0.245 e. The number of halogens is 1. The molecule has 160 valence electrons. The fraction of sp³-hybridized carbons (Fsp3) is 0.652. The summed E-state index contributed by atoms with van der Waals surface area (Å²) in [7, 11) is 1.82. The Balaban J connectivity index is 1.87. The Labute approximate surface area is 180 Å². The number of likely N-dealkylation sites (N-methyl/N-ethyl adjacent to an activating group) is 1. The molecule has 0 aromatic heterocycles. The van der Waals surface area contributed by atoms with E-state index >= 15 is 0 Å². The Morgan fingerprint density at radius 3 is 2.41 bits per heavy atom. The molecule has 0 spiro atoms. The number of carbonyl (C=O) groups is 2. The molecule has 2 amide bonds. The lowest BCUT2D eigenvalue weighted by Gasteiger charge is -2.32. The van der Waals surface area contributed by atoms with Crippen molar-refractivity contribution in [3.05, 3.63) is 34.9 Å². The highest BCUT2D eigenvalue weighted by Gasteiger charge is 2.46. The van der Waals surface area contributed by atoms with Crippen molar-refractivity contribution in [3.63, 3.8) is 0 Å². The molecule has 0 radical (unpaired) electrons. The highest BCUT2D eigenvalue weighted by molar-refractivity contribution is 6.30. The predicted octanol–water partition coefficient (Wildman–Crippen LogP) is 3.62. The summed E-state index contributed by atoms with van der Waals surface area (Å²) in [6.07, 6.45) is 1.65. The fourth-order valence-electron chi connectivity index (χ4n) is 4.56. The van der Waals surface area contributed by atoms with Crippen molar-refractivity contribution < 1.29 is 9.59 Å². The summed E-state index contributed by atoms with van der Waals surface area (Å²) in [4.78, 5) is 32.5. The molecule has 1 aromatic carbocycles. The van der Waals surface area contributed by atoms with Gasteiger partial charge in [-0.05, 0) is 58.2 Å². The number of rotatable bonds is 4. The van der Waals surface area contributed by atoms with Gasteiger partial charge in [-0.1, -0.05) is 23.7 Å². The minimum absolute atomic E-state index is 0.0115. The van der Waals surface area contributed by atoms with E-state index < -0.39 is 0 Å². The summed E-state index contributed by atoms with van der Waals surface area (Å²) in [6, 6.07) is 7.56.